The average Bonchev–Trinajstić information content (AvgIpc) is 2.54. The maximum atomic E-state index is 14.0. The molecular formula is C16H12FNO2S. The van der Waals surface area contributed by atoms with Gasteiger partial charge in [-0.25, -0.2) is 4.39 Å². The van der Waals surface area contributed by atoms with Gasteiger partial charge in [0.1, 0.15) is 25.1 Å². The normalized spacial score (nSPS) is 12.8. The number of thioether (sulfide) groups is 1. The van der Waals surface area contributed by atoms with Crippen molar-refractivity contribution in [3.63, 3.8) is 0 Å². The summed E-state index contributed by atoms with van der Waals surface area (Å²) in [6.07, 6.45) is 0. The second kappa shape index (κ2) is 6.06. The molecule has 0 N–H and O–H groups in total. The van der Waals surface area contributed by atoms with Gasteiger partial charge in [0.05, 0.1) is 5.56 Å². The molecule has 3 rings (SSSR count). The number of halogens is 1. The number of nitrogens with zero attached hydrogens (tertiary/aromatic N) is 1. The van der Waals surface area contributed by atoms with Crippen LogP contribution >= 0.6 is 11.8 Å². The Morgan fingerprint density at radius 2 is 1.95 bits per heavy atom. The standard InChI is InChI=1S/C16H12FNO2S/c17-16-11(9-18)2-1-3-12(16)10-21-13-4-5-14-15(8-13)20-7-6-19-14/h1-5,8H,6-7,10H2. The fourth-order valence-electron chi connectivity index (χ4n) is 2.05. The second-order valence-electron chi connectivity index (χ2n) is 4.48. The first kappa shape index (κ1) is 13.8. The highest BCUT2D eigenvalue weighted by molar-refractivity contribution is 7.98. The van der Waals surface area contributed by atoms with E-state index in [2.05, 4.69) is 0 Å². The maximum absolute atomic E-state index is 14.0. The van der Waals surface area contributed by atoms with Crippen LogP contribution in [-0.2, 0) is 5.75 Å². The van der Waals surface area contributed by atoms with Gasteiger partial charge in [0.15, 0.2) is 11.5 Å². The summed E-state index contributed by atoms with van der Waals surface area (Å²) in [4.78, 5) is 0.973. The van der Waals surface area contributed by atoms with E-state index in [1.807, 2.05) is 24.3 Å². The number of hydrogen-bond acceptors (Lipinski definition) is 4. The van der Waals surface area contributed by atoms with Crippen molar-refractivity contribution in [3.8, 4) is 17.6 Å². The molecule has 2 aromatic rings. The molecule has 5 heteroatoms. The van der Waals surface area contributed by atoms with E-state index in [-0.39, 0.29) is 5.56 Å². The Labute approximate surface area is 126 Å². The van der Waals surface area contributed by atoms with Gasteiger partial charge in [-0.2, -0.15) is 5.26 Å². The van der Waals surface area contributed by atoms with Crippen molar-refractivity contribution in [2.75, 3.05) is 13.2 Å². The molecule has 106 valence electrons. The van der Waals surface area contributed by atoms with Crippen LogP contribution < -0.4 is 9.47 Å². The molecule has 0 aliphatic carbocycles. The molecule has 2 aromatic carbocycles. The molecule has 0 unspecified atom stereocenters. The third kappa shape index (κ3) is 2.96. The van der Waals surface area contributed by atoms with Gasteiger partial charge >= 0.3 is 0 Å². The van der Waals surface area contributed by atoms with Crippen LogP contribution in [0.4, 0.5) is 4.39 Å². The van der Waals surface area contributed by atoms with E-state index in [4.69, 9.17) is 14.7 Å². The molecular weight excluding hydrogens is 289 g/mol. The van der Waals surface area contributed by atoms with Gasteiger partial charge in [0, 0.05) is 10.6 Å². The van der Waals surface area contributed by atoms with Gasteiger partial charge in [-0.15, -0.1) is 11.8 Å². The molecule has 0 saturated carbocycles. The highest BCUT2D eigenvalue weighted by Crippen LogP contribution is 2.35. The Morgan fingerprint density at radius 1 is 1.14 bits per heavy atom. The molecule has 0 spiro atoms. The molecule has 0 atom stereocenters. The Bertz CT molecular complexity index is 712. The number of fused-ring (bicyclic) bond motifs is 1. The van der Waals surface area contributed by atoms with Gasteiger partial charge < -0.3 is 9.47 Å². The zero-order valence-electron chi connectivity index (χ0n) is 11.1. The summed E-state index contributed by atoms with van der Waals surface area (Å²) in [6.45, 7) is 1.10. The molecule has 0 saturated heterocycles. The number of hydrogen-bond donors (Lipinski definition) is 0. The van der Waals surface area contributed by atoms with Crippen LogP contribution in [0, 0.1) is 17.1 Å². The fraction of sp³-hybridized carbons (Fsp3) is 0.188. The molecule has 21 heavy (non-hydrogen) atoms. The Kier molecular flexibility index (Phi) is 3.98. The predicted octanol–water partition coefficient (Wildman–Crippen LogP) is 3.76. The number of rotatable bonds is 3. The molecule has 0 radical (unpaired) electrons. The highest BCUT2D eigenvalue weighted by Gasteiger charge is 2.13. The largest absolute Gasteiger partial charge is 0.486 e. The lowest BCUT2D eigenvalue weighted by Gasteiger charge is -2.18. The summed E-state index contributed by atoms with van der Waals surface area (Å²) >= 11 is 1.49. The fourth-order valence-corrected chi connectivity index (χ4v) is 2.95. The summed E-state index contributed by atoms with van der Waals surface area (Å²) < 4.78 is 24.9. The van der Waals surface area contributed by atoms with Crippen molar-refractivity contribution in [2.45, 2.75) is 10.6 Å². The van der Waals surface area contributed by atoms with Gasteiger partial charge in [-0.3, -0.25) is 0 Å². The lowest BCUT2D eigenvalue weighted by atomic mass is 10.1. The Hall–Kier alpha value is -2.19. The quantitative estimate of drug-likeness (QED) is 0.810. The van der Waals surface area contributed by atoms with Crippen LogP contribution in [0.3, 0.4) is 0 Å². The molecule has 0 bridgehead atoms. The molecule has 1 aliphatic heterocycles. The topological polar surface area (TPSA) is 42.2 Å². The minimum absolute atomic E-state index is 0.0790. The van der Waals surface area contributed by atoms with Crippen molar-refractivity contribution in [1.82, 2.24) is 0 Å². The maximum Gasteiger partial charge on any atom is 0.162 e. The summed E-state index contributed by atoms with van der Waals surface area (Å²) in [5.74, 6) is 1.48. The zero-order valence-corrected chi connectivity index (χ0v) is 12.0. The second-order valence-corrected chi connectivity index (χ2v) is 5.53. The smallest absolute Gasteiger partial charge is 0.162 e. The molecule has 3 nitrogen and oxygen atoms in total. The Morgan fingerprint density at radius 3 is 2.76 bits per heavy atom. The van der Waals surface area contributed by atoms with Crippen molar-refractivity contribution >= 4 is 11.8 Å². The molecule has 0 fully saturated rings. The first-order valence-corrected chi connectivity index (χ1v) is 7.46. The van der Waals surface area contributed by atoms with Crippen LogP contribution in [0.25, 0.3) is 0 Å². The molecule has 0 aromatic heterocycles. The van der Waals surface area contributed by atoms with E-state index in [1.54, 1.807) is 12.1 Å². The minimum Gasteiger partial charge on any atom is -0.486 e. The van der Waals surface area contributed by atoms with E-state index in [0.717, 1.165) is 16.4 Å². The van der Waals surface area contributed by atoms with E-state index in [9.17, 15) is 4.39 Å². The van der Waals surface area contributed by atoms with E-state index in [0.29, 0.717) is 24.5 Å². The third-order valence-corrected chi connectivity index (χ3v) is 4.15. The van der Waals surface area contributed by atoms with Crippen LogP contribution in [0.1, 0.15) is 11.1 Å². The van der Waals surface area contributed by atoms with Gasteiger partial charge in [-0.1, -0.05) is 12.1 Å². The van der Waals surface area contributed by atoms with Gasteiger partial charge in [0.25, 0.3) is 0 Å². The molecule has 0 amide bonds. The monoisotopic (exact) mass is 301 g/mol. The number of benzene rings is 2. The van der Waals surface area contributed by atoms with Crippen LogP contribution in [0.15, 0.2) is 41.3 Å². The lowest BCUT2D eigenvalue weighted by Crippen LogP contribution is -2.15. The van der Waals surface area contributed by atoms with E-state index in [1.165, 1.54) is 17.8 Å². The van der Waals surface area contributed by atoms with Gasteiger partial charge in [-0.05, 0) is 29.8 Å². The van der Waals surface area contributed by atoms with Crippen LogP contribution in [0.2, 0.25) is 0 Å². The highest BCUT2D eigenvalue weighted by atomic mass is 32.2. The summed E-state index contributed by atoms with van der Waals surface area (Å²) in [5, 5.41) is 8.83. The SMILES string of the molecule is N#Cc1cccc(CSc2ccc3c(c2)OCCO3)c1F. The lowest BCUT2D eigenvalue weighted by molar-refractivity contribution is 0.171. The van der Waals surface area contributed by atoms with Crippen LogP contribution in [-0.4, -0.2) is 13.2 Å². The number of nitriles is 1. The van der Waals surface area contributed by atoms with Gasteiger partial charge in [0.2, 0.25) is 0 Å². The number of ether oxygens (including phenoxy) is 2. The summed E-state index contributed by atoms with van der Waals surface area (Å²) in [6, 6.07) is 12.4. The minimum atomic E-state index is -0.440. The molecule has 1 aliphatic rings. The average molecular weight is 301 g/mol. The predicted molar refractivity (Wildman–Crippen MR) is 78.1 cm³/mol. The first-order chi connectivity index (χ1) is 10.3. The van der Waals surface area contributed by atoms with E-state index >= 15 is 0 Å². The van der Waals surface area contributed by atoms with Crippen molar-refractivity contribution in [3.05, 3.63) is 53.3 Å². The van der Waals surface area contributed by atoms with Crippen LogP contribution in [0.5, 0.6) is 11.5 Å². The van der Waals surface area contributed by atoms with Crippen molar-refractivity contribution < 1.29 is 13.9 Å². The Balaban J connectivity index is 1.75. The van der Waals surface area contributed by atoms with E-state index < -0.39 is 5.82 Å². The summed E-state index contributed by atoms with van der Waals surface area (Å²) in [7, 11) is 0. The first-order valence-electron chi connectivity index (χ1n) is 6.48. The zero-order chi connectivity index (χ0) is 14.7. The van der Waals surface area contributed by atoms with Crippen molar-refractivity contribution in [1.29, 1.82) is 5.26 Å². The third-order valence-electron chi connectivity index (χ3n) is 3.11. The molecule has 1 heterocycles. The summed E-state index contributed by atoms with van der Waals surface area (Å²) in [5.41, 5.74) is 0.601. The van der Waals surface area contributed by atoms with Crippen molar-refractivity contribution in [2.24, 2.45) is 0 Å².